The van der Waals surface area contributed by atoms with Gasteiger partial charge in [-0.1, -0.05) is 40.2 Å². The summed E-state index contributed by atoms with van der Waals surface area (Å²) in [5.74, 6) is 0.168. The van der Waals surface area contributed by atoms with E-state index in [9.17, 15) is 4.79 Å². The van der Waals surface area contributed by atoms with E-state index >= 15 is 0 Å². The molecule has 1 aliphatic rings. The Bertz CT molecular complexity index is 684. The molecular weight excluding hydrogens is 328 g/mol. The molecule has 0 fully saturated rings. The van der Waals surface area contributed by atoms with E-state index in [2.05, 4.69) is 22.0 Å². The lowest BCUT2D eigenvalue weighted by Crippen LogP contribution is -2.37. The number of nitrogens with zero attached hydrogens (tertiary/aromatic N) is 1. The van der Waals surface area contributed by atoms with Crippen LogP contribution in [0.2, 0.25) is 0 Å². The first-order valence-corrected chi connectivity index (χ1v) is 7.81. The molecule has 108 valence electrons. The normalized spacial score (nSPS) is 13.9. The third kappa shape index (κ3) is 3.10. The third-order valence-electron chi connectivity index (χ3n) is 3.90. The Hall–Kier alpha value is -1.81. The molecule has 0 aliphatic carbocycles. The number of nitrogens with two attached hydrogens (primary N) is 1. The highest BCUT2D eigenvalue weighted by Crippen LogP contribution is 2.24. The second-order valence-corrected chi connectivity index (χ2v) is 6.27. The number of halogens is 1. The van der Waals surface area contributed by atoms with Crippen molar-refractivity contribution >= 4 is 27.5 Å². The number of hydrogen-bond donors (Lipinski definition) is 1. The highest BCUT2D eigenvalue weighted by atomic mass is 79.9. The summed E-state index contributed by atoms with van der Waals surface area (Å²) in [6, 6.07) is 13.8. The van der Waals surface area contributed by atoms with Crippen LogP contribution in [0.25, 0.3) is 0 Å². The zero-order valence-electron chi connectivity index (χ0n) is 11.7. The maximum Gasteiger partial charge on any atom is 0.227 e. The molecule has 3 nitrogen and oxygen atoms in total. The van der Waals surface area contributed by atoms with Crippen LogP contribution in [0.3, 0.4) is 0 Å². The van der Waals surface area contributed by atoms with Crippen molar-refractivity contribution in [1.82, 2.24) is 4.90 Å². The number of rotatable bonds is 2. The molecule has 21 heavy (non-hydrogen) atoms. The minimum Gasteiger partial charge on any atom is -0.398 e. The van der Waals surface area contributed by atoms with Crippen LogP contribution in [0.5, 0.6) is 0 Å². The summed E-state index contributed by atoms with van der Waals surface area (Å²) in [4.78, 5) is 14.4. The largest absolute Gasteiger partial charge is 0.398 e. The van der Waals surface area contributed by atoms with E-state index in [1.165, 1.54) is 11.1 Å². The predicted octanol–water partition coefficient (Wildman–Crippen LogP) is 3.16. The monoisotopic (exact) mass is 344 g/mol. The van der Waals surface area contributed by atoms with Gasteiger partial charge in [0.1, 0.15) is 0 Å². The average Bonchev–Trinajstić information content (AvgIpc) is 2.47. The van der Waals surface area contributed by atoms with E-state index in [0.717, 1.165) is 28.7 Å². The second-order valence-electron chi connectivity index (χ2n) is 5.36. The summed E-state index contributed by atoms with van der Waals surface area (Å²) in [5, 5.41) is 0. The molecule has 0 saturated carbocycles. The number of fused-ring (bicyclic) bond motifs is 1. The average molecular weight is 345 g/mol. The van der Waals surface area contributed by atoms with Crippen molar-refractivity contribution in [2.75, 3.05) is 12.3 Å². The molecule has 1 aliphatic heterocycles. The first-order chi connectivity index (χ1) is 10.1. The van der Waals surface area contributed by atoms with Gasteiger partial charge in [0, 0.05) is 23.2 Å². The molecule has 0 unspecified atom stereocenters. The maximum atomic E-state index is 12.5. The van der Waals surface area contributed by atoms with Crippen LogP contribution in [-0.4, -0.2) is 17.4 Å². The van der Waals surface area contributed by atoms with Gasteiger partial charge in [0.05, 0.1) is 6.42 Å². The number of nitrogen functional groups attached to an aromatic ring is 1. The molecule has 2 N–H and O–H groups in total. The molecule has 0 spiro atoms. The summed E-state index contributed by atoms with van der Waals surface area (Å²) in [6.07, 6.45) is 1.28. The molecular formula is C17H17BrN2O. The smallest absolute Gasteiger partial charge is 0.227 e. The second kappa shape index (κ2) is 5.90. The quantitative estimate of drug-likeness (QED) is 0.850. The third-order valence-corrected chi connectivity index (χ3v) is 4.39. The van der Waals surface area contributed by atoms with Crippen LogP contribution in [-0.2, 0) is 24.2 Å². The lowest BCUT2D eigenvalue weighted by molar-refractivity contribution is -0.131. The molecule has 1 heterocycles. The summed E-state index contributed by atoms with van der Waals surface area (Å²) in [5.41, 5.74) is 10.2. The first kappa shape index (κ1) is 14.1. The Labute approximate surface area is 132 Å². The number of anilines is 1. The van der Waals surface area contributed by atoms with Crippen molar-refractivity contribution in [2.24, 2.45) is 0 Å². The molecule has 2 aromatic rings. The standard InChI is InChI=1S/C17H17BrN2O/c18-14-5-1-3-12(9-14)10-17(21)20-8-7-15-13(11-20)4-2-6-16(15)19/h1-6,9H,7-8,10-11,19H2. The van der Waals surface area contributed by atoms with Crippen LogP contribution < -0.4 is 5.73 Å². The van der Waals surface area contributed by atoms with E-state index in [0.29, 0.717) is 13.0 Å². The van der Waals surface area contributed by atoms with Gasteiger partial charge in [0.15, 0.2) is 0 Å². The molecule has 0 bridgehead atoms. The Morgan fingerprint density at radius 2 is 2.05 bits per heavy atom. The lowest BCUT2D eigenvalue weighted by Gasteiger charge is -2.29. The summed E-state index contributed by atoms with van der Waals surface area (Å²) < 4.78 is 1.00. The van der Waals surface area contributed by atoms with E-state index in [1.807, 2.05) is 41.3 Å². The Morgan fingerprint density at radius 1 is 1.24 bits per heavy atom. The van der Waals surface area contributed by atoms with E-state index < -0.39 is 0 Å². The first-order valence-electron chi connectivity index (χ1n) is 7.02. The fourth-order valence-corrected chi connectivity index (χ4v) is 3.23. The Kier molecular flexibility index (Phi) is 3.97. The highest BCUT2D eigenvalue weighted by molar-refractivity contribution is 9.10. The van der Waals surface area contributed by atoms with Crippen LogP contribution in [0.4, 0.5) is 5.69 Å². The van der Waals surface area contributed by atoms with Crippen molar-refractivity contribution in [2.45, 2.75) is 19.4 Å². The number of hydrogen-bond acceptors (Lipinski definition) is 2. The van der Waals surface area contributed by atoms with Gasteiger partial charge in [0.2, 0.25) is 5.91 Å². The fourth-order valence-electron chi connectivity index (χ4n) is 2.79. The van der Waals surface area contributed by atoms with E-state index in [4.69, 9.17) is 5.73 Å². The Balaban J connectivity index is 1.72. The SMILES string of the molecule is Nc1cccc2c1CCN(C(=O)Cc1cccc(Br)c1)C2. The molecule has 1 amide bonds. The zero-order valence-corrected chi connectivity index (χ0v) is 13.3. The Morgan fingerprint density at radius 3 is 2.86 bits per heavy atom. The minimum absolute atomic E-state index is 0.168. The van der Waals surface area contributed by atoms with Crippen LogP contribution in [0.15, 0.2) is 46.9 Å². The topological polar surface area (TPSA) is 46.3 Å². The van der Waals surface area contributed by atoms with Crippen molar-refractivity contribution in [3.05, 3.63) is 63.6 Å². The van der Waals surface area contributed by atoms with Crippen molar-refractivity contribution in [3.8, 4) is 0 Å². The molecule has 0 atom stereocenters. The number of carbonyl (C=O) groups excluding carboxylic acids is 1. The van der Waals surface area contributed by atoms with Crippen LogP contribution >= 0.6 is 15.9 Å². The van der Waals surface area contributed by atoms with Gasteiger partial charge >= 0.3 is 0 Å². The van der Waals surface area contributed by atoms with Gasteiger partial charge in [-0.2, -0.15) is 0 Å². The molecule has 0 saturated heterocycles. The number of amides is 1. The lowest BCUT2D eigenvalue weighted by atomic mass is 9.97. The highest BCUT2D eigenvalue weighted by Gasteiger charge is 2.21. The predicted molar refractivity (Wildman–Crippen MR) is 87.8 cm³/mol. The van der Waals surface area contributed by atoms with E-state index in [-0.39, 0.29) is 5.91 Å². The molecule has 0 aromatic heterocycles. The van der Waals surface area contributed by atoms with Crippen molar-refractivity contribution in [1.29, 1.82) is 0 Å². The van der Waals surface area contributed by atoms with Gasteiger partial charge in [-0.05, 0) is 41.3 Å². The molecule has 0 radical (unpaired) electrons. The van der Waals surface area contributed by atoms with Gasteiger partial charge in [-0.15, -0.1) is 0 Å². The summed E-state index contributed by atoms with van der Waals surface area (Å²) in [6.45, 7) is 1.40. The van der Waals surface area contributed by atoms with Gasteiger partial charge in [0.25, 0.3) is 0 Å². The van der Waals surface area contributed by atoms with Gasteiger partial charge < -0.3 is 10.6 Å². The fraction of sp³-hybridized carbons (Fsp3) is 0.235. The summed E-state index contributed by atoms with van der Waals surface area (Å²) in [7, 11) is 0. The maximum absolute atomic E-state index is 12.5. The van der Waals surface area contributed by atoms with Crippen molar-refractivity contribution in [3.63, 3.8) is 0 Å². The summed E-state index contributed by atoms with van der Waals surface area (Å²) >= 11 is 3.44. The minimum atomic E-state index is 0.168. The number of benzene rings is 2. The van der Waals surface area contributed by atoms with Crippen LogP contribution in [0, 0.1) is 0 Å². The van der Waals surface area contributed by atoms with Crippen LogP contribution in [0.1, 0.15) is 16.7 Å². The molecule has 2 aromatic carbocycles. The van der Waals surface area contributed by atoms with Gasteiger partial charge in [-0.25, -0.2) is 0 Å². The number of carbonyl (C=O) groups is 1. The molecule has 4 heteroatoms. The van der Waals surface area contributed by atoms with Gasteiger partial charge in [-0.3, -0.25) is 4.79 Å². The molecule has 3 rings (SSSR count). The zero-order chi connectivity index (χ0) is 14.8. The van der Waals surface area contributed by atoms with E-state index in [1.54, 1.807) is 0 Å². The van der Waals surface area contributed by atoms with Crippen molar-refractivity contribution < 1.29 is 4.79 Å².